The molecule has 0 radical (unpaired) electrons. The number of rotatable bonds is 1. The summed E-state index contributed by atoms with van der Waals surface area (Å²) in [4.78, 5) is 3.92. The summed E-state index contributed by atoms with van der Waals surface area (Å²) in [5.41, 5.74) is 3.77. The molecule has 0 aliphatic heterocycles. The largest absolute Gasteiger partial charge is 4.00 e. The number of hydrogen-bond donors (Lipinski definition) is 0. The Bertz CT molecular complexity index is 756. The Morgan fingerprint density at radius 3 is 2.42 bits per heavy atom. The number of nitrogens with zero attached hydrogens (tertiary/aromatic N) is 3. The quantitative estimate of drug-likeness (QED) is 0.422. The zero-order valence-corrected chi connectivity index (χ0v) is 17.5. The van der Waals surface area contributed by atoms with Crippen LogP contribution in [0.15, 0.2) is 66.3 Å². The van der Waals surface area contributed by atoms with E-state index in [1.54, 1.807) is 11.0 Å². The maximum Gasteiger partial charge on any atom is 4.00 e. The number of halogens is 2. The van der Waals surface area contributed by atoms with Gasteiger partial charge < -0.3 is 24.8 Å². The molecule has 3 nitrogen and oxygen atoms in total. The minimum atomic E-state index is 0. The molecule has 6 heteroatoms. The van der Waals surface area contributed by atoms with Gasteiger partial charge in [0, 0.05) is 0 Å². The average Bonchev–Trinajstić information content (AvgIpc) is 3.21. The fraction of sp³-hybridized carbons (Fsp3) is 0.167. The fourth-order valence-electron chi connectivity index (χ4n) is 2.26. The van der Waals surface area contributed by atoms with E-state index in [-0.39, 0.29) is 51.0 Å². The molecular weight excluding hydrogens is 420 g/mol. The van der Waals surface area contributed by atoms with Gasteiger partial charge in [-0.15, -0.1) is 54.4 Å². The molecule has 0 atom stereocenters. The van der Waals surface area contributed by atoms with Crippen molar-refractivity contribution in [3.63, 3.8) is 0 Å². The van der Waals surface area contributed by atoms with E-state index < -0.39 is 0 Å². The predicted octanol–water partition coefficient (Wildman–Crippen LogP) is -1.77. The van der Waals surface area contributed by atoms with E-state index in [1.165, 1.54) is 28.2 Å². The van der Waals surface area contributed by atoms with Gasteiger partial charge >= 0.3 is 26.2 Å². The Morgan fingerprint density at radius 2 is 1.92 bits per heavy atom. The molecule has 1 heterocycles. The van der Waals surface area contributed by atoms with E-state index >= 15 is 0 Å². The zero-order valence-electron chi connectivity index (χ0n) is 13.5. The second-order valence-electron chi connectivity index (χ2n) is 5.08. The first-order valence-electron chi connectivity index (χ1n) is 6.99. The first kappa shape index (κ1) is 22.9. The molecule has 0 spiro atoms. The summed E-state index contributed by atoms with van der Waals surface area (Å²) in [6.45, 7) is 4.22. The van der Waals surface area contributed by atoms with Crippen LogP contribution in [0.4, 0.5) is 0 Å². The molecule has 1 aliphatic carbocycles. The van der Waals surface area contributed by atoms with E-state index in [2.05, 4.69) is 60.3 Å². The van der Waals surface area contributed by atoms with Crippen molar-refractivity contribution in [3.8, 4) is 5.69 Å². The Morgan fingerprint density at radius 1 is 1.17 bits per heavy atom. The van der Waals surface area contributed by atoms with Crippen LogP contribution in [0.5, 0.6) is 0 Å². The van der Waals surface area contributed by atoms with Crippen LogP contribution in [0, 0.1) is 6.08 Å². The molecule has 0 fully saturated rings. The topological polar surface area (TPSA) is 30.7 Å². The second-order valence-corrected chi connectivity index (χ2v) is 5.08. The summed E-state index contributed by atoms with van der Waals surface area (Å²) in [5, 5.41) is 6.56. The monoisotopic (exact) mass is 435 g/mol. The van der Waals surface area contributed by atoms with Gasteiger partial charge in [-0.05, 0) is 5.69 Å². The molecule has 3 aromatic rings. The standard InChI is InChI=1S/C11H8N3.C7H9.2ClH.Zr/c1-2-4-10-6-11(5-9(10)3-1)14-8-12-7-13-14;1-6-4-3-5-7(6)2;;;/h1-8H;4H,3H2,1-2H3;2*1H;/q2*-1;;;+4/p-2. The predicted molar refractivity (Wildman–Crippen MR) is 85.3 cm³/mol. The van der Waals surface area contributed by atoms with Crippen LogP contribution in [0.2, 0.25) is 0 Å². The van der Waals surface area contributed by atoms with Gasteiger partial charge in [-0.2, -0.15) is 11.2 Å². The minimum Gasteiger partial charge on any atom is -1.00 e. The van der Waals surface area contributed by atoms with Crippen LogP contribution in [0.1, 0.15) is 20.3 Å². The van der Waals surface area contributed by atoms with Crippen molar-refractivity contribution in [2.75, 3.05) is 0 Å². The summed E-state index contributed by atoms with van der Waals surface area (Å²) in [6, 6.07) is 12.5. The molecule has 122 valence electrons. The molecule has 0 unspecified atom stereocenters. The third-order valence-electron chi connectivity index (χ3n) is 3.65. The molecule has 0 saturated carbocycles. The Hall–Kier alpha value is -1.09. The van der Waals surface area contributed by atoms with E-state index in [0.29, 0.717) is 0 Å². The summed E-state index contributed by atoms with van der Waals surface area (Å²) < 4.78 is 1.76. The van der Waals surface area contributed by atoms with Crippen molar-refractivity contribution in [3.05, 3.63) is 72.4 Å². The van der Waals surface area contributed by atoms with Gasteiger partial charge in [0.05, 0.1) is 0 Å². The fourth-order valence-corrected chi connectivity index (χ4v) is 2.26. The first-order chi connectivity index (χ1) is 10.2. The van der Waals surface area contributed by atoms with Gasteiger partial charge in [-0.3, -0.25) is 6.08 Å². The van der Waals surface area contributed by atoms with Crippen molar-refractivity contribution in [1.29, 1.82) is 0 Å². The van der Waals surface area contributed by atoms with E-state index in [9.17, 15) is 0 Å². The third kappa shape index (κ3) is 5.48. The molecule has 0 N–H and O–H groups in total. The first-order valence-corrected chi connectivity index (χ1v) is 6.99. The van der Waals surface area contributed by atoms with Crippen LogP contribution < -0.4 is 24.8 Å². The number of hydrogen-bond acceptors (Lipinski definition) is 2. The van der Waals surface area contributed by atoms with Crippen molar-refractivity contribution in [1.82, 2.24) is 14.8 Å². The van der Waals surface area contributed by atoms with Gasteiger partial charge in [0.15, 0.2) is 0 Å². The minimum absolute atomic E-state index is 0. The Balaban J connectivity index is 0.000000463. The van der Waals surface area contributed by atoms with Gasteiger partial charge in [0.1, 0.15) is 12.7 Å². The molecule has 0 bridgehead atoms. The summed E-state index contributed by atoms with van der Waals surface area (Å²) in [6.07, 6.45) is 9.65. The molecule has 2 aromatic carbocycles. The molecule has 4 rings (SSSR count). The van der Waals surface area contributed by atoms with E-state index in [4.69, 9.17) is 0 Å². The van der Waals surface area contributed by atoms with E-state index in [0.717, 1.165) is 12.1 Å². The molecular formula is C18H17Cl2N3Zr. The van der Waals surface area contributed by atoms with Gasteiger partial charge in [-0.25, -0.2) is 20.8 Å². The number of aromatic nitrogens is 3. The van der Waals surface area contributed by atoms with Crippen LogP contribution in [-0.2, 0) is 26.2 Å². The van der Waals surface area contributed by atoms with Gasteiger partial charge in [0.2, 0.25) is 0 Å². The zero-order chi connectivity index (χ0) is 14.7. The van der Waals surface area contributed by atoms with Crippen molar-refractivity contribution in [2.45, 2.75) is 20.3 Å². The molecule has 24 heavy (non-hydrogen) atoms. The van der Waals surface area contributed by atoms with Crippen LogP contribution >= 0.6 is 0 Å². The number of allylic oxidation sites excluding steroid dienone is 4. The van der Waals surface area contributed by atoms with Crippen molar-refractivity contribution < 1.29 is 51.0 Å². The number of benzene rings is 1. The van der Waals surface area contributed by atoms with Crippen LogP contribution in [0.3, 0.4) is 0 Å². The summed E-state index contributed by atoms with van der Waals surface area (Å²) in [7, 11) is 0. The average molecular weight is 437 g/mol. The van der Waals surface area contributed by atoms with Crippen LogP contribution in [0.25, 0.3) is 16.5 Å². The van der Waals surface area contributed by atoms with E-state index in [1.807, 2.05) is 12.1 Å². The van der Waals surface area contributed by atoms with Crippen molar-refractivity contribution >= 4 is 10.8 Å². The summed E-state index contributed by atoms with van der Waals surface area (Å²) in [5.74, 6) is 0. The maximum absolute atomic E-state index is 4.09. The van der Waals surface area contributed by atoms with Crippen molar-refractivity contribution in [2.24, 2.45) is 0 Å². The second kappa shape index (κ2) is 10.7. The molecule has 1 aromatic heterocycles. The van der Waals surface area contributed by atoms with Crippen LogP contribution in [-0.4, -0.2) is 14.8 Å². The SMILES string of the molecule is CC1=[C-]CC=C1C.[Cl-].[Cl-].[Zr+4].c1ccc2[cH-]c(-n3cncn3)cc2c1. The molecule has 0 amide bonds. The normalized spacial score (nSPS) is 11.9. The van der Waals surface area contributed by atoms with Gasteiger partial charge in [0.25, 0.3) is 0 Å². The smallest absolute Gasteiger partial charge is 1.00 e. The summed E-state index contributed by atoms with van der Waals surface area (Å²) >= 11 is 0. The molecule has 0 saturated heterocycles. The molecule has 1 aliphatic rings. The maximum atomic E-state index is 4.09. The number of fused-ring (bicyclic) bond motifs is 1. The Labute approximate surface area is 174 Å². The Kier molecular flexibility index (Phi) is 10.2. The van der Waals surface area contributed by atoms with Gasteiger partial charge in [-0.1, -0.05) is 13.0 Å². The third-order valence-corrected chi connectivity index (χ3v) is 3.65.